The molecule has 0 amide bonds. The predicted molar refractivity (Wildman–Crippen MR) is 90.8 cm³/mol. The standard InChI is InChI=1S/C20H20O4/c1-14(21)11-19(22)24-13-20(12-23-2)17-9-5-3-7-15(17)16-8-4-6-10-18(16)20/h3-10H,11-13H2,1-2H3. The maximum Gasteiger partial charge on any atom is 0.313 e. The molecule has 4 nitrogen and oxygen atoms in total. The Labute approximate surface area is 141 Å². The highest BCUT2D eigenvalue weighted by molar-refractivity contribution is 5.94. The monoisotopic (exact) mass is 324 g/mol. The van der Waals surface area contributed by atoms with Gasteiger partial charge in [0.25, 0.3) is 0 Å². The van der Waals surface area contributed by atoms with Gasteiger partial charge in [0, 0.05) is 7.11 Å². The summed E-state index contributed by atoms with van der Waals surface area (Å²) < 4.78 is 11.0. The zero-order valence-electron chi connectivity index (χ0n) is 13.9. The van der Waals surface area contributed by atoms with Gasteiger partial charge in [0.1, 0.15) is 18.8 Å². The molecule has 2 aromatic rings. The van der Waals surface area contributed by atoms with Crippen molar-refractivity contribution in [1.29, 1.82) is 0 Å². The lowest BCUT2D eigenvalue weighted by Crippen LogP contribution is -2.37. The van der Waals surface area contributed by atoms with Crippen LogP contribution in [0.4, 0.5) is 0 Å². The van der Waals surface area contributed by atoms with Crippen molar-refractivity contribution in [3.8, 4) is 11.1 Å². The molecule has 0 atom stereocenters. The first kappa shape index (κ1) is 16.4. The van der Waals surface area contributed by atoms with Gasteiger partial charge in [-0.3, -0.25) is 9.59 Å². The number of hydrogen-bond acceptors (Lipinski definition) is 4. The van der Waals surface area contributed by atoms with Crippen molar-refractivity contribution in [3.05, 3.63) is 59.7 Å². The van der Waals surface area contributed by atoms with E-state index < -0.39 is 11.4 Å². The first-order valence-corrected chi connectivity index (χ1v) is 7.92. The van der Waals surface area contributed by atoms with E-state index in [0.717, 1.165) is 22.3 Å². The minimum atomic E-state index is -0.547. The van der Waals surface area contributed by atoms with Gasteiger partial charge in [-0.25, -0.2) is 0 Å². The molecule has 0 fully saturated rings. The van der Waals surface area contributed by atoms with Crippen LogP contribution in [0.5, 0.6) is 0 Å². The van der Waals surface area contributed by atoms with E-state index in [1.807, 2.05) is 36.4 Å². The molecule has 0 aliphatic heterocycles. The number of carbonyl (C=O) groups is 2. The Balaban J connectivity index is 2.02. The molecule has 1 aliphatic carbocycles. The van der Waals surface area contributed by atoms with Gasteiger partial charge in [-0.1, -0.05) is 48.5 Å². The molecule has 3 rings (SSSR count). The lowest BCUT2D eigenvalue weighted by atomic mass is 9.79. The average Bonchev–Trinajstić information content (AvgIpc) is 2.84. The minimum Gasteiger partial charge on any atom is -0.464 e. The third-order valence-corrected chi connectivity index (χ3v) is 4.44. The Morgan fingerprint density at radius 1 is 0.917 bits per heavy atom. The van der Waals surface area contributed by atoms with E-state index in [-0.39, 0.29) is 18.8 Å². The van der Waals surface area contributed by atoms with Crippen molar-refractivity contribution in [2.75, 3.05) is 20.3 Å². The molecule has 0 heterocycles. The average molecular weight is 324 g/mol. The van der Waals surface area contributed by atoms with Gasteiger partial charge in [-0.05, 0) is 29.2 Å². The van der Waals surface area contributed by atoms with Crippen LogP contribution in [0.3, 0.4) is 0 Å². The van der Waals surface area contributed by atoms with E-state index in [1.54, 1.807) is 7.11 Å². The molecule has 2 aromatic carbocycles. The van der Waals surface area contributed by atoms with Crippen molar-refractivity contribution >= 4 is 11.8 Å². The number of Topliss-reactive ketones (excluding diaryl/α,β-unsaturated/α-hetero) is 1. The molecule has 124 valence electrons. The molecule has 0 N–H and O–H groups in total. The number of benzene rings is 2. The summed E-state index contributed by atoms with van der Waals surface area (Å²) in [4.78, 5) is 23.0. The maximum atomic E-state index is 11.9. The molecule has 1 aliphatic rings. The summed E-state index contributed by atoms with van der Waals surface area (Å²) in [7, 11) is 1.64. The van der Waals surface area contributed by atoms with Gasteiger partial charge in [-0.15, -0.1) is 0 Å². The molecule has 0 saturated carbocycles. The van der Waals surface area contributed by atoms with E-state index in [2.05, 4.69) is 12.1 Å². The van der Waals surface area contributed by atoms with Crippen LogP contribution in [-0.2, 0) is 24.5 Å². The number of ether oxygens (including phenoxy) is 2. The van der Waals surface area contributed by atoms with E-state index in [1.165, 1.54) is 6.92 Å². The van der Waals surface area contributed by atoms with Crippen LogP contribution < -0.4 is 0 Å². The van der Waals surface area contributed by atoms with Crippen LogP contribution in [0.25, 0.3) is 11.1 Å². The third kappa shape index (κ3) is 2.74. The first-order chi connectivity index (χ1) is 11.6. The molecule has 0 radical (unpaired) electrons. The lowest BCUT2D eigenvalue weighted by Gasteiger charge is -2.30. The molecular weight excluding hydrogens is 304 g/mol. The number of fused-ring (bicyclic) bond motifs is 3. The summed E-state index contributed by atoms with van der Waals surface area (Å²) in [5, 5.41) is 0. The number of rotatable bonds is 6. The van der Waals surface area contributed by atoms with Crippen LogP contribution in [0.1, 0.15) is 24.5 Å². The smallest absolute Gasteiger partial charge is 0.313 e. The number of ketones is 1. The summed E-state index contributed by atoms with van der Waals surface area (Å²) in [6.45, 7) is 1.93. The highest BCUT2D eigenvalue weighted by atomic mass is 16.5. The summed E-state index contributed by atoms with van der Waals surface area (Å²) >= 11 is 0. The quantitative estimate of drug-likeness (QED) is 0.605. The summed E-state index contributed by atoms with van der Waals surface area (Å²) in [6.07, 6.45) is -0.202. The Bertz CT molecular complexity index is 733. The van der Waals surface area contributed by atoms with Crippen molar-refractivity contribution < 1.29 is 19.1 Å². The Morgan fingerprint density at radius 2 is 1.46 bits per heavy atom. The topological polar surface area (TPSA) is 52.6 Å². The number of methoxy groups -OCH3 is 1. The minimum absolute atomic E-state index is 0.154. The van der Waals surface area contributed by atoms with E-state index in [9.17, 15) is 9.59 Å². The van der Waals surface area contributed by atoms with Gasteiger partial charge >= 0.3 is 5.97 Å². The van der Waals surface area contributed by atoms with Crippen LogP contribution in [-0.4, -0.2) is 32.1 Å². The van der Waals surface area contributed by atoms with Gasteiger partial charge in [0.05, 0.1) is 12.0 Å². The fourth-order valence-electron chi connectivity index (χ4n) is 3.47. The maximum absolute atomic E-state index is 11.9. The molecular formula is C20H20O4. The third-order valence-electron chi connectivity index (χ3n) is 4.44. The van der Waals surface area contributed by atoms with E-state index >= 15 is 0 Å². The van der Waals surface area contributed by atoms with Crippen LogP contribution in [0, 0.1) is 0 Å². The highest BCUT2D eigenvalue weighted by Gasteiger charge is 2.44. The molecule has 4 heteroatoms. The largest absolute Gasteiger partial charge is 0.464 e. The molecule has 0 saturated heterocycles. The molecule has 0 bridgehead atoms. The second kappa shape index (κ2) is 6.57. The Kier molecular flexibility index (Phi) is 4.49. The highest BCUT2D eigenvalue weighted by Crippen LogP contribution is 2.49. The number of carbonyl (C=O) groups excluding carboxylic acids is 2. The zero-order chi connectivity index (χ0) is 17.2. The van der Waals surface area contributed by atoms with E-state index in [0.29, 0.717) is 6.61 Å². The van der Waals surface area contributed by atoms with Gasteiger partial charge in [0.2, 0.25) is 0 Å². The lowest BCUT2D eigenvalue weighted by molar-refractivity contribution is -0.147. The Hall–Kier alpha value is -2.46. The SMILES string of the molecule is COCC1(COC(=O)CC(C)=O)c2ccccc2-c2ccccc21. The van der Waals surface area contributed by atoms with Crippen LogP contribution >= 0.6 is 0 Å². The van der Waals surface area contributed by atoms with Gasteiger partial charge in [-0.2, -0.15) is 0 Å². The number of hydrogen-bond donors (Lipinski definition) is 0. The fourth-order valence-corrected chi connectivity index (χ4v) is 3.47. The van der Waals surface area contributed by atoms with Gasteiger partial charge < -0.3 is 9.47 Å². The predicted octanol–water partition coefficient (Wildman–Crippen LogP) is 3.12. The Morgan fingerprint density at radius 3 is 1.96 bits per heavy atom. The molecule has 24 heavy (non-hydrogen) atoms. The van der Waals surface area contributed by atoms with Gasteiger partial charge in [0.15, 0.2) is 0 Å². The molecule has 0 spiro atoms. The van der Waals surface area contributed by atoms with Crippen LogP contribution in [0.15, 0.2) is 48.5 Å². The first-order valence-electron chi connectivity index (χ1n) is 7.92. The summed E-state index contributed by atoms with van der Waals surface area (Å²) in [5.41, 5.74) is 3.89. The molecule has 0 unspecified atom stereocenters. The number of esters is 1. The van der Waals surface area contributed by atoms with Crippen molar-refractivity contribution in [2.45, 2.75) is 18.8 Å². The van der Waals surface area contributed by atoms with Crippen molar-refractivity contribution in [3.63, 3.8) is 0 Å². The summed E-state index contributed by atoms with van der Waals surface area (Å²) in [6, 6.07) is 16.2. The van der Waals surface area contributed by atoms with E-state index in [4.69, 9.17) is 9.47 Å². The van der Waals surface area contributed by atoms with Crippen LogP contribution in [0.2, 0.25) is 0 Å². The second-order valence-corrected chi connectivity index (χ2v) is 6.15. The zero-order valence-corrected chi connectivity index (χ0v) is 13.9. The molecule has 0 aromatic heterocycles. The fraction of sp³-hybridized carbons (Fsp3) is 0.300. The summed E-state index contributed by atoms with van der Waals surface area (Å²) in [5.74, 6) is -0.701. The second-order valence-electron chi connectivity index (χ2n) is 6.15. The van der Waals surface area contributed by atoms with Crippen molar-refractivity contribution in [2.24, 2.45) is 0 Å². The normalized spacial score (nSPS) is 13.9. The van der Waals surface area contributed by atoms with Crippen molar-refractivity contribution in [1.82, 2.24) is 0 Å².